The van der Waals surface area contributed by atoms with Crippen LogP contribution in [0.1, 0.15) is 17.5 Å². The van der Waals surface area contributed by atoms with Gasteiger partial charge in [-0.3, -0.25) is 14.6 Å². The van der Waals surface area contributed by atoms with Gasteiger partial charge in [-0.25, -0.2) is 4.39 Å². The SMILES string of the molecule is O=C(Cc1ccccc1)N1CC2CC(O)CN2C2(CN(Cc3ccccc3F)C2)C1. The number of fused-ring (bicyclic) bond motifs is 2. The minimum absolute atomic E-state index is 0.141. The van der Waals surface area contributed by atoms with Crippen LogP contribution < -0.4 is 0 Å². The Labute approximate surface area is 176 Å². The lowest BCUT2D eigenvalue weighted by Crippen LogP contribution is -2.78. The fourth-order valence-electron chi connectivity index (χ4n) is 5.53. The Morgan fingerprint density at radius 3 is 2.53 bits per heavy atom. The van der Waals surface area contributed by atoms with Gasteiger partial charge in [0.25, 0.3) is 0 Å². The van der Waals surface area contributed by atoms with Crippen LogP contribution in [0.15, 0.2) is 54.6 Å². The van der Waals surface area contributed by atoms with Gasteiger partial charge in [0, 0.05) is 50.9 Å². The number of benzene rings is 2. The first kappa shape index (κ1) is 19.7. The van der Waals surface area contributed by atoms with E-state index in [2.05, 4.69) is 9.80 Å². The van der Waals surface area contributed by atoms with Crippen LogP contribution in [0.3, 0.4) is 0 Å². The summed E-state index contributed by atoms with van der Waals surface area (Å²) in [6, 6.07) is 17.0. The maximum absolute atomic E-state index is 14.1. The Morgan fingerprint density at radius 1 is 1.03 bits per heavy atom. The van der Waals surface area contributed by atoms with Crippen molar-refractivity contribution in [1.82, 2.24) is 14.7 Å². The molecular weight excluding hydrogens is 381 g/mol. The number of aliphatic hydroxyl groups is 1. The molecule has 0 radical (unpaired) electrons. The first-order valence-corrected chi connectivity index (χ1v) is 10.7. The number of rotatable bonds is 4. The number of nitrogens with zero attached hydrogens (tertiary/aromatic N) is 3. The van der Waals surface area contributed by atoms with Crippen molar-refractivity contribution < 1.29 is 14.3 Å². The van der Waals surface area contributed by atoms with E-state index in [1.165, 1.54) is 6.07 Å². The van der Waals surface area contributed by atoms with E-state index in [9.17, 15) is 14.3 Å². The number of hydrogen-bond acceptors (Lipinski definition) is 4. The molecule has 3 fully saturated rings. The molecule has 3 aliphatic rings. The summed E-state index contributed by atoms with van der Waals surface area (Å²) in [5, 5.41) is 10.3. The molecular formula is C24H28FN3O2. The summed E-state index contributed by atoms with van der Waals surface area (Å²) in [7, 11) is 0. The smallest absolute Gasteiger partial charge is 0.227 e. The first-order valence-electron chi connectivity index (χ1n) is 10.7. The molecule has 1 spiro atoms. The average molecular weight is 410 g/mol. The van der Waals surface area contributed by atoms with Crippen molar-refractivity contribution >= 4 is 5.91 Å². The van der Waals surface area contributed by atoms with Crippen molar-refractivity contribution in [3.63, 3.8) is 0 Å². The molecule has 5 rings (SSSR count). The highest BCUT2D eigenvalue weighted by atomic mass is 19.1. The quantitative estimate of drug-likeness (QED) is 0.838. The van der Waals surface area contributed by atoms with E-state index in [1.807, 2.05) is 47.4 Å². The van der Waals surface area contributed by atoms with Gasteiger partial charge in [0.1, 0.15) is 5.82 Å². The van der Waals surface area contributed by atoms with Crippen molar-refractivity contribution in [1.29, 1.82) is 0 Å². The third-order valence-electron chi connectivity index (χ3n) is 6.86. The van der Waals surface area contributed by atoms with Gasteiger partial charge >= 0.3 is 0 Å². The lowest BCUT2D eigenvalue weighted by molar-refractivity contribution is -0.150. The van der Waals surface area contributed by atoms with E-state index in [0.29, 0.717) is 44.6 Å². The molecule has 3 heterocycles. The number of halogens is 1. The number of carbonyl (C=O) groups is 1. The van der Waals surface area contributed by atoms with Crippen molar-refractivity contribution in [2.45, 2.75) is 37.1 Å². The number of β-amino-alcohol motifs (C(OH)–C–C–N with tert-alkyl or cyclic N) is 1. The van der Waals surface area contributed by atoms with Crippen molar-refractivity contribution in [2.24, 2.45) is 0 Å². The van der Waals surface area contributed by atoms with Crippen LogP contribution in [0, 0.1) is 5.82 Å². The van der Waals surface area contributed by atoms with E-state index >= 15 is 0 Å². The lowest BCUT2D eigenvalue weighted by Gasteiger charge is -2.61. The molecule has 0 aliphatic carbocycles. The minimum Gasteiger partial charge on any atom is -0.392 e. The highest BCUT2D eigenvalue weighted by molar-refractivity contribution is 5.79. The van der Waals surface area contributed by atoms with E-state index in [4.69, 9.17) is 0 Å². The third kappa shape index (κ3) is 3.64. The van der Waals surface area contributed by atoms with E-state index in [-0.39, 0.29) is 29.4 Å². The molecule has 2 unspecified atom stereocenters. The first-order chi connectivity index (χ1) is 14.5. The highest BCUT2D eigenvalue weighted by Crippen LogP contribution is 2.39. The van der Waals surface area contributed by atoms with E-state index in [0.717, 1.165) is 18.7 Å². The molecule has 0 aromatic heterocycles. The number of likely N-dealkylation sites (tertiary alicyclic amines) is 1. The van der Waals surface area contributed by atoms with Gasteiger partial charge in [0.05, 0.1) is 18.1 Å². The van der Waals surface area contributed by atoms with Crippen LogP contribution in [0.25, 0.3) is 0 Å². The molecule has 1 N–H and O–H groups in total. The average Bonchev–Trinajstić information content (AvgIpc) is 3.09. The standard InChI is InChI=1S/C24H28FN3O2/c25-22-9-5-4-8-19(22)12-26-15-24(16-26)17-27(13-20-11-21(29)14-28(20)24)23(30)10-18-6-2-1-3-7-18/h1-9,20-21,29H,10-17H2. The summed E-state index contributed by atoms with van der Waals surface area (Å²) in [5.41, 5.74) is 1.59. The normalized spacial score (nSPS) is 25.9. The topological polar surface area (TPSA) is 47.0 Å². The van der Waals surface area contributed by atoms with E-state index in [1.54, 1.807) is 6.07 Å². The summed E-state index contributed by atoms with van der Waals surface area (Å²) in [6.07, 6.45) is 0.784. The molecule has 6 heteroatoms. The predicted octanol–water partition coefficient (Wildman–Crippen LogP) is 1.90. The minimum atomic E-state index is -0.336. The van der Waals surface area contributed by atoms with Crippen LogP contribution >= 0.6 is 0 Å². The molecule has 3 aliphatic heterocycles. The summed E-state index contributed by atoms with van der Waals surface area (Å²) >= 11 is 0. The summed E-state index contributed by atoms with van der Waals surface area (Å²) in [5.74, 6) is -0.0228. The zero-order valence-electron chi connectivity index (χ0n) is 17.1. The van der Waals surface area contributed by atoms with Gasteiger partial charge in [-0.05, 0) is 18.1 Å². The summed E-state index contributed by atoms with van der Waals surface area (Å²) < 4.78 is 14.1. The molecule has 158 valence electrons. The molecule has 2 aromatic carbocycles. The Morgan fingerprint density at radius 2 is 1.77 bits per heavy atom. The van der Waals surface area contributed by atoms with Crippen molar-refractivity contribution in [2.75, 3.05) is 32.7 Å². The largest absolute Gasteiger partial charge is 0.392 e. The van der Waals surface area contributed by atoms with Crippen molar-refractivity contribution in [3.05, 3.63) is 71.5 Å². The van der Waals surface area contributed by atoms with Crippen LogP contribution in [0.5, 0.6) is 0 Å². The maximum Gasteiger partial charge on any atom is 0.227 e. The number of carbonyl (C=O) groups excluding carboxylic acids is 1. The Balaban J connectivity index is 1.30. The number of aliphatic hydroxyl groups excluding tert-OH is 1. The Hall–Kier alpha value is -2.28. The Bertz CT molecular complexity index is 916. The fraction of sp³-hybridized carbons (Fsp3) is 0.458. The van der Waals surface area contributed by atoms with E-state index < -0.39 is 0 Å². The van der Waals surface area contributed by atoms with Crippen LogP contribution in [-0.2, 0) is 17.8 Å². The molecule has 0 saturated carbocycles. The second-order valence-corrected chi connectivity index (χ2v) is 9.09. The monoisotopic (exact) mass is 409 g/mol. The lowest BCUT2D eigenvalue weighted by atomic mass is 9.83. The number of hydrogen-bond donors (Lipinski definition) is 1. The second kappa shape index (κ2) is 7.76. The predicted molar refractivity (Wildman–Crippen MR) is 112 cm³/mol. The van der Waals surface area contributed by atoms with Crippen LogP contribution in [0.2, 0.25) is 0 Å². The fourth-order valence-corrected chi connectivity index (χ4v) is 5.53. The molecule has 3 saturated heterocycles. The molecule has 2 atom stereocenters. The van der Waals surface area contributed by atoms with Gasteiger partial charge in [0.15, 0.2) is 0 Å². The molecule has 0 bridgehead atoms. The summed E-state index contributed by atoms with van der Waals surface area (Å²) in [6.45, 7) is 4.18. The third-order valence-corrected chi connectivity index (χ3v) is 6.86. The second-order valence-electron chi connectivity index (χ2n) is 9.09. The van der Waals surface area contributed by atoms with Gasteiger partial charge in [-0.1, -0.05) is 48.5 Å². The number of amides is 1. The molecule has 30 heavy (non-hydrogen) atoms. The molecule has 2 aromatic rings. The van der Waals surface area contributed by atoms with Crippen LogP contribution in [0.4, 0.5) is 4.39 Å². The highest BCUT2D eigenvalue weighted by Gasteiger charge is 2.56. The zero-order valence-corrected chi connectivity index (χ0v) is 17.1. The zero-order chi connectivity index (χ0) is 20.7. The summed E-state index contributed by atoms with van der Waals surface area (Å²) in [4.78, 5) is 19.7. The number of piperazine rings is 1. The molecule has 5 nitrogen and oxygen atoms in total. The van der Waals surface area contributed by atoms with Gasteiger partial charge in [-0.2, -0.15) is 0 Å². The van der Waals surface area contributed by atoms with Crippen LogP contribution in [-0.4, -0.2) is 76.1 Å². The van der Waals surface area contributed by atoms with Gasteiger partial charge in [-0.15, -0.1) is 0 Å². The molecule has 1 amide bonds. The Kier molecular flexibility index (Phi) is 5.09. The van der Waals surface area contributed by atoms with Crippen molar-refractivity contribution in [3.8, 4) is 0 Å². The van der Waals surface area contributed by atoms with Gasteiger partial charge in [0.2, 0.25) is 5.91 Å². The van der Waals surface area contributed by atoms with Gasteiger partial charge < -0.3 is 10.0 Å². The maximum atomic E-state index is 14.1.